The number of aromatic nitrogens is 2. The molecule has 106 valence electrons. The lowest BCUT2D eigenvalue weighted by molar-refractivity contribution is 0.0730. The van der Waals surface area contributed by atoms with Crippen LogP contribution in [0, 0.1) is 12.3 Å². The van der Waals surface area contributed by atoms with Gasteiger partial charge in [-0.2, -0.15) is 0 Å². The summed E-state index contributed by atoms with van der Waals surface area (Å²) >= 11 is 0. The molecule has 4 heteroatoms. The van der Waals surface area contributed by atoms with Crippen LogP contribution in [0.1, 0.15) is 40.5 Å². The van der Waals surface area contributed by atoms with Gasteiger partial charge in [0.25, 0.3) is 5.91 Å². The Morgan fingerprint density at radius 3 is 2.76 bits per heavy atom. The number of likely N-dealkylation sites (tertiary alicyclic amines) is 1. The predicted octanol–water partition coefficient (Wildman–Crippen LogP) is 2.38. The number of benzene rings is 1. The van der Waals surface area contributed by atoms with Crippen molar-refractivity contribution in [3.63, 3.8) is 0 Å². The molecule has 0 radical (unpaired) electrons. The van der Waals surface area contributed by atoms with E-state index in [1.807, 2.05) is 36.2 Å². The quantitative estimate of drug-likeness (QED) is 0.792. The van der Waals surface area contributed by atoms with Gasteiger partial charge in [-0.1, -0.05) is 18.1 Å². The zero-order valence-electron chi connectivity index (χ0n) is 12.0. The van der Waals surface area contributed by atoms with Gasteiger partial charge in [0.2, 0.25) is 0 Å². The van der Waals surface area contributed by atoms with Gasteiger partial charge in [-0.15, -0.1) is 6.42 Å². The van der Waals surface area contributed by atoms with E-state index < -0.39 is 0 Å². The Kier molecular flexibility index (Phi) is 3.49. The van der Waals surface area contributed by atoms with E-state index in [-0.39, 0.29) is 11.9 Å². The van der Waals surface area contributed by atoms with E-state index >= 15 is 0 Å². The van der Waals surface area contributed by atoms with Crippen molar-refractivity contribution in [3.8, 4) is 12.3 Å². The van der Waals surface area contributed by atoms with E-state index in [0.717, 1.165) is 30.5 Å². The maximum absolute atomic E-state index is 12.6. The van der Waals surface area contributed by atoms with Gasteiger partial charge >= 0.3 is 0 Å². The lowest BCUT2D eigenvalue weighted by Gasteiger charge is -2.24. The summed E-state index contributed by atoms with van der Waals surface area (Å²) < 4.78 is 1.79. The Morgan fingerprint density at radius 1 is 1.38 bits per heavy atom. The molecule has 1 aromatic heterocycles. The molecule has 1 saturated heterocycles. The van der Waals surface area contributed by atoms with Crippen molar-refractivity contribution in [2.75, 3.05) is 6.54 Å². The fraction of sp³-hybridized carbons (Fsp3) is 0.294. The maximum atomic E-state index is 12.6. The fourth-order valence-electron chi connectivity index (χ4n) is 2.83. The highest BCUT2D eigenvalue weighted by Gasteiger charge is 2.31. The number of hydrogen-bond acceptors (Lipinski definition) is 2. The molecule has 1 fully saturated rings. The molecule has 0 saturated carbocycles. The van der Waals surface area contributed by atoms with Crippen LogP contribution < -0.4 is 0 Å². The third kappa shape index (κ3) is 2.55. The highest BCUT2D eigenvalue weighted by Crippen LogP contribution is 2.32. The Bertz CT molecular complexity index is 694. The number of amides is 1. The second-order valence-electron chi connectivity index (χ2n) is 5.35. The van der Waals surface area contributed by atoms with Gasteiger partial charge in [-0.05, 0) is 30.5 Å². The first kappa shape index (κ1) is 13.4. The molecule has 21 heavy (non-hydrogen) atoms. The molecule has 0 bridgehead atoms. The van der Waals surface area contributed by atoms with Crippen LogP contribution in [0.4, 0.5) is 0 Å². The summed E-state index contributed by atoms with van der Waals surface area (Å²) in [4.78, 5) is 18.7. The molecular weight excluding hydrogens is 262 g/mol. The molecule has 1 amide bonds. The van der Waals surface area contributed by atoms with Gasteiger partial charge in [-0.25, -0.2) is 4.98 Å². The third-order valence-electron chi connectivity index (χ3n) is 3.90. The second-order valence-corrected chi connectivity index (χ2v) is 5.35. The van der Waals surface area contributed by atoms with Crippen LogP contribution in [-0.2, 0) is 7.05 Å². The number of rotatable bonds is 2. The average molecular weight is 279 g/mol. The van der Waals surface area contributed by atoms with Crippen LogP contribution in [0.2, 0.25) is 0 Å². The Balaban J connectivity index is 1.85. The monoisotopic (exact) mass is 279 g/mol. The number of aryl methyl sites for hydroxylation is 1. The smallest absolute Gasteiger partial charge is 0.274 e. The molecule has 0 N–H and O–H groups in total. The van der Waals surface area contributed by atoms with Crippen molar-refractivity contribution in [2.45, 2.75) is 18.9 Å². The van der Waals surface area contributed by atoms with Gasteiger partial charge in [0.1, 0.15) is 5.69 Å². The van der Waals surface area contributed by atoms with Crippen LogP contribution in [0.5, 0.6) is 0 Å². The first-order valence-electron chi connectivity index (χ1n) is 7.04. The topological polar surface area (TPSA) is 38.1 Å². The van der Waals surface area contributed by atoms with Crippen LogP contribution in [0.25, 0.3) is 0 Å². The Hall–Kier alpha value is -2.54. The summed E-state index contributed by atoms with van der Waals surface area (Å²) in [7, 11) is 1.86. The van der Waals surface area contributed by atoms with Crippen LogP contribution in [-0.4, -0.2) is 26.9 Å². The number of carbonyl (C=O) groups excluding carboxylic acids is 1. The lowest BCUT2D eigenvalue weighted by Crippen LogP contribution is -2.30. The summed E-state index contributed by atoms with van der Waals surface area (Å²) in [6.45, 7) is 0.775. The van der Waals surface area contributed by atoms with Crippen LogP contribution in [0.15, 0.2) is 36.8 Å². The molecule has 1 unspecified atom stereocenters. The summed E-state index contributed by atoms with van der Waals surface area (Å²) in [5.41, 5.74) is 2.50. The van der Waals surface area contributed by atoms with Crippen molar-refractivity contribution < 1.29 is 4.79 Å². The Labute approximate surface area is 124 Å². The van der Waals surface area contributed by atoms with Gasteiger partial charge in [0.15, 0.2) is 0 Å². The van der Waals surface area contributed by atoms with E-state index in [0.29, 0.717) is 5.69 Å². The predicted molar refractivity (Wildman–Crippen MR) is 80.6 cm³/mol. The first-order valence-corrected chi connectivity index (χ1v) is 7.04. The number of imidazole rings is 1. The zero-order chi connectivity index (χ0) is 14.8. The fourth-order valence-corrected chi connectivity index (χ4v) is 2.83. The molecule has 3 rings (SSSR count). The number of terminal acetylenes is 1. The summed E-state index contributed by atoms with van der Waals surface area (Å²) in [5.74, 6) is 2.61. The number of nitrogens with zero attached hydrogens (tertiary/aromatic N) is 3. The molecule has 4 nitrogen and oxygen atoms in total. The van der Waals surface area contributed by atoms with E-state index in [4.69, 9.17) is 6.42 Å². The molecule has 0 aliphatic carbocycles. The molecule has 1 aliphatic heterocycles. The minimum absolute atomic E-state index is 0.000809. The summed E-state index contributed by atoms with van der Waals surface area (Å²) in [5, 5.41) is 0. The molecule has 2 aromatic rings. The van der Waals surface area contributed by atoms with E-state index in [1.54, 1.807) is 17.1 Å². The SMILES string of the molecule is C#Cc1ccc(C2CCCN2C(=O)c2cn(C)cn2)cc1. The van der Waals surface area contributed by atoms with E-state index in [1.165, 1.54) is 0 Å². The van der Waals surface area contributed by atoms with Crippen molar-refractivity contribution in [1.82, 2.24) is 14.5 Å². The van der Waals surface area contributed by atoms with Crippen molar-refractivity contribution in [3.05, 3.63) is 53.6 Å². The van der Waals surface area contributed by atoms with E-state index in [2.05, 4.69) is 10.9 Å². The molecular formula is C17H17N3O. The molecule has 1 atom stereocenters. The average Bonchev–Trinajstić information content (AvgIpc) is 3.15. The normalized spacial score (nSPS) is 17.7. The van der Waals surface area contributed by atoms with Crippen molar-refractivity contribution >= 4 is 5.91 Å². The molecule has 0 spiro atoms. The molecule has 2 heterocycles. The second kappa shape index (κ2) is 5.45. The van der Waals surface area contributed by atoms with Gasteiger partial charge in [0.05, 0.1) is 12.4 Å². The summed E-state index contributed by atoms with van der Waals surface area (Å²) in [6.07, 6.45) is 10.8. The van der Waals surface area contributed by atoms with Crippen LogP contribution >= 0.6 is 0 Å². The minimum Gasteiger partial charge on any atom is -0.340 e. The van der Waals surface area contributed by atoms with Crippen molar-refractivity contribution in [2.24, 2.45) is 7.05 Å². The van der Waals surface area contributed by atoms with Crippen LogP contribution in [0.3, 0.4) is 0 Å². The number of carbonyl (C=O) groups is 1. The maximum Gasteiger partial charge on any atom is 0.274 e. The highest BCUT2D eigenvalue weighted by molar-refractivity contribution is 5.92. The summed E-state index contributed by atoms with van der Waals surface area (Å²) in [6, 6.07) is 8.01. The number of hydrogen-bond donors (Lipinski definition) is 0. The minimum atomic E-state index is -0.000809. The van der Waals surface area contributed by atoms with Gasteiger partial charge in [0, 0.05) is 25.4 Å². The Morgan fingerprint density at radius 2 is 2.14 bits per heavy atom. The highest BCUT2D eigenvalue weighted by atomic mass is 16.2. The standard InChI is InChI=1S/C17H17N3O/c1-3-13-6-8-14(9-7-13)16-5-4-10-20(16)17(21)15-11-19(2)12-18-15/h1,6-9,11-12,16H,4-5,10H2,2H3. The van der Waals surface area contributed by atoms with Gasteiger partial charge in [-0.3, -0.25) is 4.79 Å². The molecule has 1 aromatic carbocycles. The van der Waals surface area contributed by atoms with Crippen molar-refractivity contribution in [1.29, 1.82) is 0 Å². The van der Waals surface area contributed by atoms with E-state index in [9.17, 15) is 4.79 Å². The zero-order valence-corrected chi connectivity index (χ0v) is 12.0. The largest absolute Gasteiger partial charge is 0.340 e. The van der Waals surface area contributed by atoms with Gasteiger partial charge < -0.3 is 9.47 Å². The molecule has 1 aliphatic rings. The first-order chi connectivity index (χ1) is 10.2. The third-order valence-corrected chi connectivity index (χ3v) is 3.90. The lowest BCUT2D eigenvalue weighted by atomic mass is 10.0.